The number of amides is 2. The highest BCUT2D eigenvalue weighted by Crippen LogP contribution is 2.35. The quantitative estimate of drug-likeness (QED) is 0.895. The van der Waals surface area contributed by atoms with Crippen molar-refractivity contribution in [2.45, 2.75) is 57.7 Å². The number of nitrogens with zero attached hydrogens (tertiary/aromatic N) is 1. The van der Waals surface area contributed by atoms with E-state index in [2.05, 4.69) is 5.32 Å². The predicted octanol–water partition coefficient (Wildman–Crippen LogP) is 1.75. The van der Waals surface area contributed by atoms with Crippen molar-refractivity contribution in [3.63, 3.8) is 0 Å². The number of rotatable bonds is 2. The van der Waals surface area contributed by atoms with Gasteiger partial charge in [-0.3, -0.25) is 9.59 Å². The predicted molar refractivity (Wildman–Crippen MR) is 72.8 cm³/mol. The molecule has 0 radical (unpaired) electrons. The van der Waals surface area contributed by atoms with Crippen molar-refractivity contribution in [3.05, 3.63) is 23.7 Å². The molecule has 2 aliphatic rings. The van der Waals surface area contributed by atoms with E-state index in [1.807, 2.05) is 19.1 Å². The van der Waals surface area contributed by atoms with Crippen LogP contribution in [-0.2, 0) is 16.1 Å². The fraction of sp³-hybridized carbons (Fsp3) is 0.600. The minimum atomic E-state index is -0.661. The highest BCUT2D eigenvalue weighted by molar-refractivity contribution is 5.99. The normalized spacial score (nSPS) is 25.3. The first-order chi connectivity index (χ1) is 9.52. The van der Waals surface area contributed by atoms with Crippen LogP contribution >= 0.6 is 0 Å². The number of carbonyl (C=O) groups is 2. The minimum Gasteiger partial charge on any atom is -0.464 e. The second-order valence-electron chi connectivity index (χ2n) is 5.90. The summed E-state index contributed by atoms with van der Waals surface area (Å²) in [5.74, 6) is 1.52. The van der Waals surface area contributed by atoms with Gasteiger partial charge >= 0.3 is 0 Å². The molecule has 2 fully saturated rings. The van der Waals surface area contributed by atoms with Crippen molar-refractivity contribution in [2.24, 2.45) is 0 Å². The molecular weight excluding hydrogens is 256 g/mol. The molecule has 2 amide bonds. The van der Waals surface area contributed by atoms with Crippen LogP contribution in [0.4, 0.5) is 0 Å². The van der Waals surface area contributed by atoms with Gasteiger partial charge in [-0.2, -0.15) is 0 Å². The maximum atomic E-state index is 12.8. The molecule has 1 aliphatic heterocycles. The van der Waals surface area contributed by atoms with Gasteiger partial charge in [-0.05, 0) is 38.8 Å². The summed E-state index contributed by atoms with van der Waals surface area (Å²) in [4.78, 5) is 26.6. The highest BCUT2D eigenvalue weighted by Gasteiger charge is 2.50. The van der Waals surface area contributed by atoms with Crippen LogP contribution in [0.25, 0.3) is 0 Å². The van der Waals surface area contributed by atoms with Gasteiger partial charge in [0.05, 0.1) is 6.54 Å². The van der Waals surface area contributed by atoms with E-state index in [1.165, 1.54) is 0 Å². The van der Waals surface area contributed by atoms with Gasteiger partial charge in [-0.15, -0.1) is 0 Å². The Labute approximate surface area is 118 Å². The lowest BCUT2D eigenvalue weighted by Crippen LogP contribution is -2.68. The monoisotopic (exact) mass is 276 g/mol. The molecule has 1 atom stereocenters. The standard InChI is InChI=1S/C15H20N2O3/c1-10-5-6-12(20-10)9-17-11(2)13(18)16-15(14(17)19)7-3-4-8-15/h5-6,11H,3-4,7-9H2,1-2H3,(H,16,18). The fourth-order valence-electron chi connectivity index (χ4n) is 3.25. The van der Waals surface area contributed by atoms with E-state index in [0.29, 0.717) is 6.54 Å². The lowest BCUT2D eigenvalue weighted by Gasteiger charge is -2.43. The molecule has 5 nitrogen and oxygen atoms in total. The SMILES string of the molecule is Cc1ccc(CN2C(=O)C3(CCCC3)NC(=O)C2C)o1. The zero-order valence-electron chi connectivity index (χ0n) is 11.9. The van der Waals surface area contributed by atoms with Crippen LogP contribution in [0.15, 0.2) is 16.5 Å². The second kappa shape index (κ2) is 4.65. The Kier molecular flexibility index (Phi) is 3.07. The number of hydrogen-bond acceptors (Lipinski definition) is 3. The first-order valence-electron chi connectivity index (χ1n) is 7.20. The highest BCUT2D eigenvalue weighted by atomic mass is 16.3. The van der Waals surface area contributed by atoms with E-state index < -0.39 is 11.6 Å². The molecular formula is C15H20N2O3. The fourth-order valence-corrected chi connectivity index (χ4v) is 3.25. The van der Waals surface area contributed by atoms with Gasteiger partial charge < -0.3 is 14.6 Å². The molecule has 1 unspecified atom stereocenters. The third kappa shape index (κ3) is 2.01. The molecule has 108 valence electrons. The molecule has 5 heteroatoms. The summed E-state index contributed by atoms with van der Waals surface area (Å²) < 4.78 is 5.54. The van der Waals surface area contributed by atoms with Gasteiger partial charge in [0.25, 0.3) is 0 Å². The zero-order chi connectivity index (χ0) is 14.3. The van der Waals surface area contributed by atoms with Crippen molar-refractivity contribution in [3.8, 4) is 0 Å². The van der Waals surface area contributed by atoms with Crippen LogP contribution < -0.4 is 5.32 Å². The van der Waals surface area contributed by atoms with Gasteiger partial charge in [-0.25, -0.2) is 0 Å². The van der Waals surface area contributed by atoms with Crippen LogP contribution in [-0.4, -0.2) is 28.3 Å². The molecule has 1 aliphatic carbocycles. The van der Waals surface area contributed by atoms with Crippen molar-refractivity contribution < 1.29 is 14.0 Å². The van der Waals surface area contributed by atoms with Crippen LogP contribution in [0.5, 0.6) is 0 Å². The van der Waals surface area contributed by atoms with Gasteiger partial charge in [-0.1, -0.05) is 12.8 Å². The number of aryl methyl sites for hydroxylation is 1. The Morgan fingerprint density at radius 2 is 2.05 bits per heavy atom. The lowest BCUT2D eigenvalue weighted by atomic mass is 9.91. The van der Waals surface area contributed by atoms with E-state index >= 15 is 0 Å². The summed E-state index contributed by atoms with van der Waals surface area (Å²) in [6.07, 6.45) is 3.48. The summed E-state index contributed by atoms with van der Waals surface area (Å²) in [7, 11) is 0. The van der Waals surface area contributed by atoms with Crippen LogP contribution in [0.3, 0.4) is 0 Å². The largest absolute Gasteiger partial charge is 0.464 e. The summed E-state index contributed by atoms with van der Waals surface area (Å²) in [6, 6.07) is 3.29. The second-order valence-corrected chi connectivity index (χ2v) is 5.90. The van der Waals surface area contributed by atoms with Crippen molar-refractivity contribution in [1.29, 1.82) is 0 Å². The summed E-state index contributed by atoms with van der Waals surface area (Å²) in [5, 5.41) is 2.95. The van der Waals surface area contributed by atoms with Gasteiger partial charge in [0, 0.05) is 0 Å². The Balaban J connectivity index is 1.86. The third-order valence-electron chi connectivity index (χ3n) is 4.46. The third-order valence-corrected chi connectivity index (χ3v) is 4.46. The molecule has 1 saturated heterocycles. The molecule has 20 heavy (non-hydrogen) atoms. The maximum absolute atomic E-state index is 12.8. The number of piperazine rings is 1. The molecule has 3 rings (SSSR count). The van der Waals surface area contributed by atoms with Gasteiger partial charge in [0.1, 0.15) is 23.1 Å². The topological polar surface area (TPSA) is 62.6 Å². The van der Waals surface area contributed by atoms with Gasteiger partial charge in [0.2, 0.25) is 11.8 Å². The summed E-state index contributed by atoms with van der Waals surface area (Å²) in [6.45, 7) is 4.00. The molecule has 0 aromatic carbocycles. The average Bonchev–Trinajstić information content (AvgIpc) is 3.03. The number of furan rings is 1. The maximum Gasteiger partial charge on any atom is 0.249 e. The number of nitrogens with one attached hydrogen (secondary N) is 1. The molecule has 1 aromatic heterocycles. The van der Waals surface area contributed by atoms with E-state index in [0.717, 1.165) is 37.2 Å². The average molecular weight is 276 g/mol. The Morgan fingerprint density at radius 3 is 2.65 bits per heavy atom. The van der Waals surface area contributed by atoms with Crippen LogP contribution in [0.1, 0.15) is 44.1 Å². The van der Waals surface area contributed by atoms with Crippen LogP contribution in [0, 0.1) is 6.92 Å². The number of carbonyl (C=O) groups excluding carboxylic acids is 2. The van der Waals surface area contributed by atoms with Crippen molar-refractivity contribution in [1.82, 2.24) is 10.2 Å². The van der Waals surface area contributed by atoms with Crippen molar-refractivity contribution >= 4 is 11.8 Å². The molecule has 0 bridgehead atoms. The molecule has 2 heterocycles. The first kappa shape index (κ1) is 13.2. The zero-order valence-corrected chi connectivity index (χ0v) is 11.9. The van der Waals surface area contributed by atoms with Crippen molar-refractivity contribution in [2.75, 3.05) is 0 Å². The molecule has 1 spiro atoms. The molecule has 1 saturated carbocycles. The van der Waals surface area contributed by atoms with E-state index in [-0.39, 0.29) is 11.8 Å². The molecule has 1 aromatic rings. The van der Waals surface area contributed by atoms with E-state index in [1.54, 1.807) is 11.8 Å². The van der Waals surface area contributed by atoms with E-state index in [9.17, 15) is 9.59 Å². The Morgan fingerprint density at radius 1 is 1.35 bits per heavy atom. The minimum absolute atomic E-state index is 0.0381. The molecule has 1 N–H and O–H groups in total. The first-order valence-corrected chi connectivity index (χ1v) is 7.20. The van der Waals surface area contributed by atoms with E-state index in [4.69, 9.17) is 4.42 Å². The Hall–Kier alpha value is -1.78. The smallest absolute Gasteiger partial charge is 0.249 e. The lowest BCUT2D eigenvalue weighted by molar-refractivity contribution is -0.155. The Bertz CT molecular complexity index is 543. The summed E-state index contributed by atoms with van der Waals surface area (Å²) in [5.41, 5.74) is -0.661. The summed E-state index contributed by atoms with van der Waals surface area (Å²) >= 11 is 0. The van der Waals surface area contributed by atoms with Crippen LogP contribution in [0.2, 0.25) is 0 Å². The number of hydrogen-bond donors (Lipinski definition) is 1. The van der Waals surface area contributed by atoms with Gasteiger partial charge in [0.15, 0.2) is 0 Å².